The standard InChI is InChI=1S/C21H17FN2O5S2/c22-8-3-1-7(2-4-8)12-13-9-5-10(16(13)30-18-17(12)31-21(29)23-18)15-14(9)19(27)24(20(15)28)6-11(25)26/h1-4,9-10,12-16H,5-6H2,(H,23,29)(H,25,26)/t9-,10-,12+,13-,14-,15+,16-/m1/s1. The molecule has 160 valence electrons. The van der Waals surface area contributed by atoms with E-state index in [9.17, 15) is 23.6 Å². The van der Waals surface area contributed by atoms with Crippen LogP contribution in [0.4, 0.5) is 4.39 Å². The zero-order valence-corrected chi connectivity index (χ0v) is 17.6. The number of thioether (sulfide) groups is 1. The summed E-state index contributed by atoms with van der Waals surface area (Å²) in [7, 11) is 0. The first-order chi connectivity index (χ1) is 14.8. The number of aromatic amines is 1. The summed E-state index contributed by atoms with van der Waals surface area (Å²) in [4.78, 5) is 53.9. The molecule has 7 atom stereocenters. The van der Waals surface area contributed by atoms with Crippen molar-refractivity contribution < 1.29 is 23.9 Å². The minimum Gasteiger partial charge on any atom is -0.480 e. The largest absolute Gasteiger partial charge is 0.480 e. The molecular formula is C21H17FN2O5S2. The highest BCUT2D eigenvalue weighted by molar-refractivity contribution is 8.00. The number of carbonyl (C=O) groups is 3. The molecule has 1 aromatic carbocycles. The van der Waals surface area contributed by atoms with E-state index in [0.717, 1.165) is 38.1 Å². The van der Waals surface area contributed by atoms with Crippen molar-refractivity contribution in [3.63, 3.8) is 0 Å². The number of carboxylic acid groups (broad SMARTS) is 1. The van der Waals surface area contributed by atoms with E-state index in [2.05, 4.69) is 4.98 Å². The Bertz CT molecular complexity index is 1190. The predicted octanol–water partition coefficient (Wildman–Crippen LogP) is 2.13. The fourth-order valence-electron chi connectivity index (χ4n) is 6.41. The lowest BCUT2D eigenvalue weighted by molar-refractivity contribution is -0.149. The van der Waals surface area contributed by atoms with Crippen LogP contribution >= 0.6 is 23.1 Å². The van der Waals surface area contributed by atoms with Crippen LogP contribution in [-0.4, -0.2) is 44.6 Å². The maximum absolute atomic E-state index is 13.6. The first kappa shape index (κ1) is 19.2. The van der Waals surface area contributed by atoms with E-state index in [-0.39, 0.29) is 51.4 Å². The van der Waals surface area contributed by atoms with Crippen molar-refractivity contribution in [2.24, 2.45) is 29.6 Å². The van der Waals surface area contributed by atoms with Gasteiger partial charge in [0, 0.05) is 16.0 Å². The Hall–Kier alpha value is -2.46. The molecule has 1 saturated heterocycles. The van der Waals surface area contributed by atoms with Crippen molar-refractivity contribution >= 4 is 40.9 Å². The number of hydrogen-bond donors (Lipinski definition) is 2. The van der Waals surface area contributed by atoms with Crippen LogP contribution in [0.3, 0.4) is 0 Å². The number of likely N-dealkylation sites (tertiary alicyclic amines) is 1. The number of carboxylic acids is 1. The SMILES string of the molecule is O=C(O)CN1C(=O)[C@@H]2[C@@H]3C[C@@H]([C@H]4Sc5[nH]c(=O)sc5[C@@H](c5ccc(F)cc5)[C@@H]34)[C@@H]2C1=O. The number of nitrogens with zero attached hydrogens (tertiary/aromatic N) is 1. The van der Waals surface area contributed by atoms with Gasteiger partial charge in [-0.25, -0.2) is 4.39 Å². The Morgan fingerprint density at radius 1 is 1.13 bits per heavy atom. The molecule has 31 heavy (non-hydrogen) atoms. The third kappa shape index (κ3) is 2.57. The number of hydrogen-bond acceptors (Lipinski definition) is 6. The van der Waals surface area contributed by atoms with Gasteiger partial charge in [0.15, 0.2) is 0 Å². The van der Waals surface area contributed by atoms with Gasteiger partial charge in [-0.2, -0.15) is 0 Å². The second kappa shape index (κ2) is 6.52. The highest BCUT2D eigenvalue weighted by Gasteiger charge is 2.69. The Kier molecular flexibility index (Phi) is 4.05. The first-order valence-corrected chi connectivity index (χ1v) is 11.8. The molecule has 1 aromatic heterocycles. The van der Waals surface area contributed by atoms with Crippen LogP contribution in [0.25, 0.3) is 0 Å². The summed E-state index contributed by atoms with van der Waals surface area (Å²) in [5, 5.41) is 9.96. The van der Waals surface area contributed by atoms with Crippen molar-refractivity contribution in [2.45, 2.75) is 22.6 Å². The number of nitrogens with one attached hydrogen (secondary N) is 1. The van der Waals surface area contributed by atoms with E-state index in [1.807, 2.05) is 0 Å². The minimum absolute atomic E-state index is 0.0159. The van der Waals surface area contributed by atoms with Gasteiger partial charge >= 0.3 is 10.8 Å². The average molecular weight is 461 g/mol. The Morgan fingerprint density at radius 3 is 2.48 bits per heavy atom. The fraction of sp³-hybridized carbons (Fsp3) is 0.429. The van der Waals surface area contributed by atoms with Gasteiger partial charge in [-0.3, -0.25) is 24.1 Å². The number of fused-ring (bicyclic) bond motifs is 9. The van der Waals surface area contributed by atoms with Gasteiger partial charge in [0.05, 0.1) is 16.9 Å². The van der Waals surface area contributed by atoms with Gasteiger partial charge in [0.1, 0.15) is 12.4 Å². The topological polar surface area (TPSA) is 108 Å². The third-order valence-corrected chi connectivity index (χ3v) is 9.93. The number of benzene rings is 1. The van der Waals surface area contributed by atoms with Crippen LogP contribution in [0.15, 0.2) is 34.1 Å². The van der Waals surface area contributed by atoms with Crippen LogP contribution in [0, 0.1) is 35.4 Å². The highest BCUT2D eigenvalue weighted by atomic mass is 32.2. The number of carbonyl (C=O) groups excluding carboxylic acids is 2. The van der Waals surface area contributed by atoms with Crippen molar-refractivity contribution in [1.82, 2.24) is 9.88 Å². The highest BCUT2D eigenvalue weighted by Crippen LogP contribution is 2.68. The molecular weight excluding hydrogens is 443 g/mol. The predicted molar refractivity (Wildman–Crippen MR) is 109 cm³/mol. The number of thiazole rings is 1. The summed E-state index contributed by atoms with van der Waals surface area (Å²) in [6, 6.07) is 6.25. The van der Waals surface area contributed by atoms with E-state index in [4.69, 9.17) is 5.11 Å². The second-order valence-electron chi connectivity index (χ2n) is 8.67. The van der Waals surface area contributed by atoms with E-state index in [1.54, 1.807) is 23.9 Å². The van der Waals surface area contributed by atoms with Gasteiger partial charge in [-0.05, 0) is 41.9 Å². The smallest absolute Gasteiger partial charge is 0.323 e. The molecule has 7 nitrogen and oxygen atoms in total. The molecule has 2 saturated carbocycles. The quantitative estimate of drug-likeness (QED) is 0.680. The second-order valence-corrected chi connectivity index (χ2v) is 10.9. The summed E-state index contributed by atoms with van der Waals surface area (Å²) in [6.07, 6.45) is 0.729. The maximum Gasteiger partial charge on any atom is 0.323 e. The Balaban J connectivity index is 1.45. The molecule has 2 N–H and O–H groups in total. The average Bonchev–Trinajstić information content (AvgIpc) is 3.44. The molecule has 0 unspecified atom stereocenters. The van der Waals surface area contributed by atoms with Crippen molar-refractivity contribution in [3.8, 4) is 0 Å². The Morgan fingerprint density at radius 2 is 1.81 bits per heavy atom. The number of aromatic nitrogens is 1. The van der Waals surface area contributed by atoms with Crippen LogP contribution in [-0.2, 0) is 14.4 Å². The number of aliphatic carboxylic acids is 1. The number of imide groups is 1. The number of amides is 2. The lowest BCUT2D eigenvalue weighted by Gasteiger charge is -2.43. The van der Waals surface area contributed by atoms with Crippen molar-refractivity contribution in [3.05, 3.63) is 50.2 Å². The third-order valence-electron chi connectivity index (χ3n) is 7.34. The normalized spacial score (nSPS) is 35.3. The van der Waals surface area contributed by atoms with Crippen LogP contribution in [0.2, 0.25) is 0 Å². The van der Waals surface area contributed by atoms with Gasteiger partial charge in [-0.1, -0.05) is 23.5 Å². The monoisotopic (exact) mass is 460 g/mol. The molecule has 2 amide bonds. The zero-order chi connectivity index (χ0) is 21.6. The van der Waals surface area contributed by atoms with E-state index >= 15 is 0 Å². The van der Waals surface area contributed by atoms with E-state index in [1.165, 1.54) is 12.1 Å². The molecule has 3 fully saturated rings. The number of rotatable bonds is 3. The molecule has 6 rings (SSSR count). The van der Waals surface area contributed by atoms with Crippen LogP contribution in [0.1, 0.15) is 22.8 Å². The number of H-pyrrole nitrogens is 1. The summed E-state index contributed by atoms with van der Waals surface area (Å²) in [6.45, 7) is -0.603. The lowest BCUT2D eigenvalue weighted by Crippen LogP contribution is -2.42. The summed E-state index contributed by atoms with van der Waals surface area (Å²) < 4.78 is 13.6. The Labute approximate surface area is 183 Å². The molecule has 2 aliphatic heterocycles. The summed E-state index contributed by atoms with van der Waals surface area (Å²) >= 11 is 2.71. The fourth-order valence-corrected chi connectivity index (χ4v) is 9.30. The summed E-state index contributed by atoms with van der Waals surface area (Å²) in [5.74, 6) is -3.62. The zero-order valence-electron chi connectivity index (χ0n) is 16.0. The summed E-state index contributed by atoms with van der Waals surface area (Å²) in [5.41, 5.74) is 0.886. The first-order valence-electron chi connectivity index (χ1n) is 10.1. The molecule has 2 aromatic rings. The molecule has 2 bridgehead atoms. The minimum atomic E-state index is -1.20. The van der Waals surface area contributed by atoms with Crippen molar-refractivity contribution in [1.29, 1.82) is 0 Å². The maximum atomic E-state index is 13.6. The molecule has 0 radical (unpaired) electrons. The van der Waals surface area contributed by atoms with E-state index in [0.29, 0.717) is 0 Å². The van der Waals surface area contributed by atoms with Gasteiger partial charge in [-0.15, -0.1) is 11.8 Å². The molecule has 3 heterocycles. The molecule has 2 aliphatic carbocycles. The van der Waals surface area contributed by atoms with Crippen LogP contribution < -0.4 is 4.87 Å². The van der Waals surface area contributed by atoms with Gasteiger partial charge in [0.2, 0.25) is 11.8 Å². The number of halogens is 1. The van der Waals surface area contributed by atoms with Gasteiger partial charge < -0.3 is 10.1 Å². The van der Waals surface area contributed by atoms with Crippen molar-refractivity contribution in [2.75, 3.05) is 6.54 Å². The van der Waals surface area contributed by atoms with Crippen LogP contribution in [0.5, 0.6) is 0 Å². The lowest BCUT2D eigenvalue weighted by atomic mass is 9.68. The molecule has 10 heteroatoms. The van der Waals surface area contributed by atoms with E-state index < -0.39 is 24.3 Å². The van der Waals surface area contributed by atoms with Gasteiger partial charge in [0.25, 0.3) is 0 Å². The molecule has 4 aliphatic rings. The molecule has 0 spiro atoms.